The standard InChI is InChI=1S/C9H18N2O/c1-2-8(12)3-11-6-9(7-11)4-10-5-9/h8,10,12H,2-7H2,1H3/t8-/m1/s1. The van der Waals surface area contributed by atoms with Gasteiger partial charge < -0.3 is 10.4 Å². The van der Waals surface area contributed by atoms with E-state index in [9.17, 15) is 5.11 Å². The Balaban J connectivity index is 1.67. The second-order valence-corrected chi connectivity index (χ2v) is 4.34. The van der Waals surface area contributed by atoms with Crippen molar-refractivity contribution >= 4 is 0 Å². The molecule has 0 aliphatic carbocycles. The van der Waals surface area contributed by atoms with Crippen LogP contribution in [-0.4, -0.2) is 48.8 Å². The lowest BCUT2D eigenvalue weighted by atomic mass is 9.74. The van der Waals surface area contributed by atoms with E-state index in [1.807, 2.05) is 6.92 Å². The molecule has 2 rings (SSSR count). The molecular formula is C9H18N2O. The number of rotatable bonds is 3. The quantitative estimate of drug-likeness (QED) is 0.608. The summed E-state index contributed by atoms with van der Waals surface area (Å²) in [5.41, 5.74) is 0.605. The van der Waals surface area contributed by atoms with Gasteiger partial charge >= 0.3 is 0 Å². The van der Waals surface area contributed by atoms with E-state index in [4.69, 9.17) is 0 Å². The second-order valence-electron chi connectivity index (χ2n) is 4.34. The summed E-state index contributed by atoms with van der Waals surface area (Å²) in [6.07, 6.45) is 0.761. The van der Waals surface area contributed by atoms with Gasteiger partial charge in [-0.15, -0.1) is 0 Å². The Bertz CT molecular complexity index is 157. The van der Waals surface area contributed by atoms with Crippen LogP contribution in [0.4, 0.5) is 0 Å². The first-order chi connectivity index (χ1) is 5.74. The van der Waals surface area contributed by atoms with Crippen LogP contribution in [0.2, 0.25) is 0 Å². The van der Waals surface area contributed by atoms with E-state index in [0.717, 1.165) is 13.0 Å². The summed E-state index contributed by atoms with van der Waals surface area (Å²) < 4.78 is 0. The number of nitrogens with zero attached hydrogens (tertiary/aromatic N) is 1. The van der Waals surface area contributed by atoms with Gasteiger partial charge in [0.05, 0.1) is 6.10 Å². The molecule has 2 aliphatic heterocycles. The van der Waals surface area contributed by atoms with Gasteiger partial charge in [-0.2, -0.15) is 0 Å². The number of hydrogen-bond donors (Lipinski definition) is 2. The normalized spacial score (nSPS) is 29.5. The zero-order valence-corrected chi connectivity index (χ0v) is 7.71. The van der Waals surface area contributed by atoms with Crippen LogP contribution in [0, 0.1) is 5.41 Å². The summed E-state index contributed by atoms with van der Waals surface area (Å²) in [6, 6.07) is 0. The van der Waals surface area contributed by atoms with Crippen molar-refractivity contribution in [3.8, 4) is 0 Å². The highest BCUT2D eigenvalue weighted by Crippen LogP contribution is 2.33. The zero-order valence-electron chi connectivity index (χ0n) is 7.71. The van der Waals surface area contributed by atoms with Crippen LogP contribution >= 0.6 is 0 Å². The fourth-order valence-corrected chi connectivity index (χ4v) is 2.16. The number of β-amino-alcohol motifs (C(OH)–C–C–N with tert-alkyl or cyclic N) is 1. The predicted molar refractivity (Wildman–Crippen MR) is 48.0 cm³/mol. The van der Waals surface area contributed by atoms with E-state index < -0.39 is 0 Å². The molecule has 2 saturated heterocycles. The van der Waals surface area contributed by atoms with Gasteiger partial charge in [0, 0.05) is 38.1 Å². The molecule has 1 atom stereocenters. The molecule has 0 aromatic heterocycles. The number of aliphatic hydroxyl groups is 1. The van der Waals surface area contributed by atoms with Gasteiger partial charge in [-0.1, -0.05) is 6.92 Å². The smallest absolute Gasteiger partial charge is 0.0664 e. The molecule has 0 aromatic carbocycles. The summed E-state index contributed by atoms with van der Waals surface area (Å²) in [5, 5.41) is 12.7. The minimum atomic E-state index is -0.115. The average Bonchev–Trinajstić information content (AvgIpc) is 1.91. The highest BCUT2D eigenvalue weighted by molar-refractivity contribution is 5.04. The summed E-state index contributed by atoms with van der Waals surface area (Å²) in [7, 11) is 0. The van der Waals surface area contributed by atoms with Gasteiger partial charge in [0.2, 0.25) is 0 Å². The molecule has 0 bridgehead atoms. The van der Waals surface area contributed by atoms with E-state index in [1.165, 1.54) is 26.2 Å². The topological polar surface area (TPSA) is 35.5 Å². The number of hydrogen-bond acceptors (Lipinski definition) is 3. The number of likely N-dealkylation sites (tertiary alicyclic amines) is 1. The molecule has 3 heteroatoms. The highest BCUT2D eigenvalue weighted by atomic mass is 16.3. The van der Waals surface area contributed by atoms with Gasteiger partial charge in [-0.05, 0) is 6.42 Å². The molecule has 12 heavy (non-hydrogen) atoms. The minimum Gasteiger partial charge on any atom is -0.392 e. The summed E-state index contributed by atoms with van der Waals surface area (Å²) in [6.45, 7) is 7.66. The SMILES string of the molecule is CC[C@@H](O)CN1CC2(CNC2)C1. The van der Waals surface area contributed by atoms with E-state index in [2.05, 4.69) is 10.2 Å². The van der Waals surface area contributed by atoms with Gasteiger partial charge in [0.15, 0.2) is 0 Å². The van der Waals surface area contributed by atoms with Crippen molar-refractivity contribution < 1.29 is 5.11 Å². The number of aliphatic hydroxyl groups excluding tert-OH is 1. The Hall–Kier alpha value is -0.120. The minimum absolute atomic E-state index is 0.115. The third-order valence-electron chi connectivity index (χ3n) is 3.06. The van der Waals surface area contributed by atoms with Crippen molar-refractivity contribution in [2.75, 3.05) is 32.7 Å². The summed E-state index contributed by atoms with van der Waals surface area (Å²) >= 11 is 0. The Morgan fingerprint density at radius 2 is 2.17 bits per heavy atom. The molecular weight excluding hydrogens is 152 g/mol. The molecule has 0 unspecified atom stereocenters. The lowest BCUT2D eigenvalue weighted by Gasteiger charge is -2.56. The molecule has 2 fully saturated rings. The molecule has 0 radical (unpaired) electrons. The highest BCUT2D eigenvalue weighted by Gasteiger charge is 2.47. The first kappa shape index (κ1) is 8.48. The van der Waals surface area contributed by atoms with Crippen molar-refractivity contribution in [1.29, 1.82) is 0 Å². The second kappa shape index (κ2) is 2.98. The molecule has 2 N–H and O–H groups in total. The molecule has 3 nitrogen and oxygen atoms in total. The molecule has 2 aliphatic rings. The van der Waals surface area contributed by atoms with Gasteiger partial charge in [0.1, 0.15) is 0 Å². The van der Waals surface area contributed by atoms with E-state index in [1.54, 1.807) is 0 Å². The van der Waals surface area contributed by atoms with Crippen molar-refractivity contribution in [1.82, 2.24) is 10.2 Å². The zero-order chi connectivity index (χ0) is 8.60. The van der Waals surface area contributed by atoms with Crippen molar-refractivity contribution in [3.05, 3.63) is 0 Å². The molecule has 2 heterocycles. The third kappa shape index (κ3) is 1.37. The maximum atomic E-state index is 9.40. The van der Waals surface area contributed by atoms with Crippen molar-refractivity contribution in [3.63, 3.8) is 0 Å². The molecule has 1 spiro atoms. The van der Waals surface area contributed by atoms with Crippen LogP contribution in [-0.2, 0) is 0 Å². The molecule has 70 valence electrons. The molecule has 0 saturated carbocycles. The van der Waals surface area contributed by atoms with E-state index >= 15 is 0 Å². The maximum Gasteiger partial charge on any atom is 0.0664 e. The Kier molecular flexibility index (Phi) is 2.10. The Labute approximate surface area is 73.8 Å². The van der Waals surface area contributed by atoms with Crippen molar-refractivity contribution in [2.45, 2.75) is 19.4 Å². The largest absolute Gasteiger partial charge is 0.392 e. The van der Waals surface area contributed by atoms with Crippen LogP contribution in [0.5, 0.6) is 0 Å². The van der Waals surface area contributed by atoms with E-state index in [-0.39, 0.29) is 6.10 Å². The first-order valence-corrected chi connectivity index (χ1v) is 4.85. The fraction of sp³-hybridized carbons (Fsp3) is 1.00. The first-order valence-electron chi connectivity index (χ1n) is 4.85. The Morgan fingerprint density at radius 3 is 2.58 bits per heavy atom. The average molecular weight is 170 g/mol. The Morgan fingerprint density at radius 1 is 1.50 bits per heavy atom. The lowest BCUT2D eigenvalue weighted by molar-refractivity contribution is -0.0588. The predicted octanol–water partition coefficient (Wildman–Crippen LogP) is -0.337. The van der Waals surface area contributed by atoms with Crippen LogP contribution in [0.15, 0.2) is 0 Å². The monoisotopic (exact) mass is 170 g/mol. The van der Waals surface area contributed by atoms with Gasteiger partial charge in [0.25, 0.3) is 0 Å². The lowest BCUT2D eigenvalue weighted by Crippen LogP contribution is -2.71. The van der Waals surface area contributed by atoms with Crippen LogP contribution < -0.4 is 5.32 Å². The van der Waals surface area contributed by atoms with Crippen LogP contribution in [0.25, 0.3) is 0 Å². The molecule has 0 amide bonds. The fourth-order valence-electron chi connectivity index (χ4n) is 2.16. The number of nitrogens with one attached hydrogen (secondary N) is 1. The summed E-state index contributed by atoms with van der Waals surface area (Å²) in [4.78, 5) is 2.36. The third-order valence-corrected chi connectivity index (χ3v) is 3.06. The van der Waals surface area contributed by atoms with Gasteiger partial charge in [-0.3, -0.25) is 4.90 Å². The summed E-state index contributed by atoms with van der Waals surface area (Å²) in [5.74, 6) is 0. The maximum absolute atomic E-state index is 9.40. The van der Waals surface area contributed by atoms with Crippen molar-refractivity contribution in [2.24, 2.45) is 5.41 Å². The van der Waals surface area contributed by atoms with Gasteiger partial charge in [-0.25, -0.2) is 0 Å². The van der Waals surface area contributed by atoms with Crippen LogP contribution in [0.3, 0.4) is 0 Å². The molecule has 0 aromatic rings. The van der Waals surface area contributed by atoms with Crippen LogP contribution in [0.1, 0.15) is 13.3 Å². The van der Waals surface area contributed by atoms with E-state index in [0.29, 0.717) is 5.41 Å².